The highest BCUT2D eigenvalue weighted by molar-refractivity contribution is 4.88. The van der Waals surface area contributed by atoms with E-state index < -0.39 is 5.60 Å². The summed E-state index contributed by atoms with van der Waals surface area (Å²) in [7, 11) is 2.17. The first kappa shape index (κ1) is 13.9. The van der Waals surface area contributed by atoms with Crippen LogP contribution >= 0.6 is 0 Å². The number of hydrogen-bond donors (Lipinski definition) is 2. The molecule has 4 atom stereocenters. The van der Waals surface area contributed by atoms with Crippen LogP contribution in [0.25, 0.3) is 0 Å². The molecule has 1 aliphatic rings. The lowest BCUT2D eigenvalue weighted by atomic mass is 9.88. The first-order valence-electron chi connectivity index (χ1n) is 6.52. The van der Waals surface area contributed by atoms with Gasteiger partial charge in [-0.15, -0.1) is 0 Å². The van der Waals surface area contributed by atoms with Gasteiger partial charge in [0.1, 0.15) is 0 Å². The molecule has 2 N–H and O–H groups in total. The standard InChI is InChI=1S/C13H28N2O/c1-6-10(2)13(4,16)9-14-12-7-11(3)15(5)8-12/h10-12,14,16H,6-9H2,1-5H3. The van der Waals surface area contributed by atoms with Crippen molar-refractivity contribution in [1.29, 1.82) is 0 Å². The van der Waals surface area contributed by atoms with Crippen LogP contribution in [0.5, 0.6) is 0 Å². The van der Waals surface area contributed by atoms with Gasteiger partial charge in [0.15, 0.2) is 0 Å². The Morgan fingerprint density at radius 3 is 2.62 bits per heavy atom. The van der Waals surface area contributed by atoms with Gasteiger partial charge >= 0.3 is 0 Å². The van der Waals surface area contributed by atoms with Crippen molar-refractivity contribution >= 4 is 0 Å². The number of likely N-dealkylation sites (tertiary alicyclic amines) is 1. The van der Waals surface area contributed by atoms with Crippen molar-refractivity contribution in [1.82, 2.24) is 10.2 Å². The molecule has 16 heavy (non-hydrogen) atoms. The van der Waals surface area contributed by atoms with Crippen molar-refractivity contribution in [2.45, 2.75) is 58.2 Å². The molecular weight excluding hydrogens is 200 g/mol. The summed E-state index contributed by atoms with van der Waals surface area (Å²) in [5, 5.41) is 13.8. The number of nitrogens with zero attached hydrogens (tertiary/aromatic N) is 1. The lowest BCUT2D eigenvalue weighted by Crippen LogP contribution is -2.47. The second-order valence-corrected chi connectivity index (χ2v) is 5.77. The molecule has 1 saturated heterocycles. The third-order valence-corrected chi connectivity index (χ3v) is 4.31. The van der Waals surface area contributed by atoms with Crippen molar-refractivity contribution in [3.63, 3.8) is 0 Å². The lowest BCUT2D eigenvalue weighted by Gasteiger charge is -2.31. The van der Waals surface area contributed by atoms with Crippen molar-refractivity contribution in [3.05, 3.63) is 0 Å². The van der Waals surface area contributed by atoms with Crippen LogP contribution in [0.3, 0.4) is 0 Å². The third-order valence-electron chi connectivity index (χ3n) is 4.31. The Bertz CT molecular complexity index is 208. The van der Waals surface area contributed by atoms with E-state index >= 15 is 0 Å². The number of rotatable bonds is 5. The second-order valence-electron chi connectivity index (χ2n) is 5.77. The van der Waals surface area contributed by atoms with E-state index in [0.29, 0.717) is 24.5 Å². The molecule has 1 heterocycles. The minimum absolute atomic E-state index is 0.344. The molecule has 3 heteroatoms. The maximum Gasteiger partial charge on any atom is 0.0768 e. The quantitative estimate of drug-likeness (QED) is 0.748. The summed E-state index contributed by atoms with van der Waals surface area (Å²) in [4.78, 5) is 2.37. The molecule has 0 amide bonds. The minimum Gasteiger partial charge on any atom is -0.389 e. The smallest absolute Gasteiger partial charge is 0.0768 e. The zero-order valence-corrected chi connectivity index (χ0v) is 11.5. The van der Waals surface area contributed by atoms with Crippen LogP contribution < -0.4 is 5.32 Å². The molecule has 3 nitrogen and oxygen atoms in total. The van der Waals surface area contributed by atoms with E-state index in [1.165, 1.54) is 6.42 Å². The largest absolute Gasteiger partial charge is 0.389 e. The van der Waals surface area contributed by atoms with E-state index in [4.69, 9.17) is 0 Å². The van der Waals surface area contributed by atoms with E-state index in [9.17, 15) is 5.11 Å². The number of nitrogens with one attached hydrogen (secondary N) is 1. The van der Waals surface area contributed by atoms with Gasteiger partial charge in [-0.2, -0.15) is 0 Å². The van der Waals surface area contributed by atoms with Crippen molar-refractivity contribution in [3.8, 4) is 0 Å². The van der Waals surface area contributed by atoms with Crippen LogP contribution in [0.2, 0.25) is 0 Å². The van der Waals surface area contributed by atoms with Crippen LogP contribution in [0.15, 0.2) is 0 Å². The van der Waals surface area contributed by atoms with Gasteiger partial charge in [-0.1, -0.05) is 20.3 Å². The molecule has 0 aromatic rings. The van der Waals surface area contributed by atoms with E-state index in [1.807, 2.05) is 6.92 Å². The summed E-state index contributed by atoms with van der Waals surface area (Å²) in [6.07, 6.45) is 2.21. The van der Waals surface area contributed by atoms with Crippen molar-refractivity contribution in [2.75, 3.05) is 20.1 Å². The highest BCUT2D eigenvalue weighted by atomic mass is 16.3. The van der Waals surface area contributed by atoms with Gasteiger partial charge in [0.2, 0.25) is 0 Å². The molecule has 0 radical (unpaired) electrons. The van der Waals surface area contributed by atoms with E-state index in [1.54, 1.807) is 0 Å². The third kappa shape index (κ3) is 3.44. The van der Waals surface area contributed by atoms with Crippen LogP contribution in [-0.4, -0.2) is 47.8 Å². The zero-order valence-electron chi connectivity index (χ0n) is 11.5. The fraction of sp³-hybridized carbons (Fsp3) is 1.00. The average molecular weight is 228 g/mol. The zero-order chi connectivity index (χ0) is 12.3. The molecule has 1 aliphatic heterocycles. The highest BCUT2D eigenvalue weighted by Gasteiger charge is 2.30. The summed E-state index contributed by atoms with van der Waals surface area (Å²) in [5.41, 5.74) is -0.584. The Hall–Kier alpha value is -0.120. The van der Waals surface area contributed by atoms with E-state index in [0.717, 1.165) is 13.0 Å². The monoisotopic (exact) mass is 228 g/mol. The maximum atomic E-state index is 10.3. The topological polar surface area (TPSA) is 35.5 Å². The average Bonchev–Trinajstić information content (AvgIpc) is 2.54. The summed E-state index contributed by atoms with van der Waals surface area (Å²) >= 11 is 0. The van der Waals surface area contributed by atoms with E-state index in [-0.39, 0.29) is 0 Å². The predicted octanol–water partition coefficient (Wildman–Crippen LogP) is 1.47. The van der Waals surface area contributed by atoms with Gasteiger partial charge in [0, 0.05) is 25.2 Å². The first-order valence-corrected chi connectivity index (χ1v) is 6.52. The number of likely N-dealkylation sites (N-methyl/N-ethyl adjacent to an activating group) is 1. The molecule has 0 spiro atoms. The van der Waals surface area contributed by atoms with Gasteiger partial charge in [-0.3, -0.25) is 0 Å². The number of aliphatic hydroxyl groups is 1. The molecule has 0 aromatic carbocycles. The minimum atomic E-state index is -0.584. The Kier molecular flexibility index (Phi) is 4.77. The molecule has 0 bridgehead atoms. The Morgan fingerprint density at radius 1 is 1.56 bits per heavy atom. The van der Waals surface area contributed by atoms with Crippen LogP contribution in [-0.2, 0) is 0 Å². The van der Waals surface area contributed by atoms with Crippen molar-refractivity contribution < 1.29 is 5.11 Å². The second kappa shape index (κ2) is 5.48. The first-order chi connectivity index (χ1) is 7.36. The Labute approximate surface area is 100 Å². The van der Waals surface area contributed by atoms with Crippen molar-refractivity contribution in [2.24, 2.45) is 5.92 Å². The SMILES string of the molecule is CCC(C)C(C)(O)CNC1CC(C)N(C)C1. The molecule has 0 saturated carbocycles. The Morgan fingerprint density at radius 2 is 2.19 bits per heavy atom. The van der Waals surface area contributed by atoms with Crippen LogP contribution in [0, 0.1) is 5.92 Å². The highest BCUT2D eigenvalue weighted by Crippen LogP contribution is 2.20. The van der Waals surface area contributed by atoms with Gasteiger partial charge in [0.05, 0.1) is 5.60 Å². The molecule has 96 valence electrons. The fourth-order valence-electron chi connectivity index (χ4n) is 2.31. The molecular formula is C13H28N2O. The van der Waals surface area contributed by atoms with Crippen LogP contribution in [0.1, 0.15) is 40.5 Å². The normalized spacial score (nSPS) is 32.6. The maximum absolute atomic E-state index is 10.3. The summed E-state index contributed by atoms with van der Waals surface area (Å²) < 4.78 is 0. The fourth-order valence-corrected chi connectivity index (χ4v) is 2.31. The van der Waals surface area contributed by atoms with E-state index in [2.05, 4.69) is 38.0 Å². The molecule has 0 aliphatic carbocycles. The molecule has 1 fully saturated rings. The summed E-state index contributed by atoms with van der Waals surface area (Å²) in [5.74, 6) is 0.344. The van der Waals surface area contributed by atoms with Crippen LogP contribution in [0.4, 0.5) is 0 Å². The summed E-state index contributed by atoms with van der Waals surface area (Å²) in [6, 6.07) is 1.20. The Balaban J connectivity index is 2.35. The lowest BCUT2D eigenvalue weighted by molar-refractivity contribution is 0.00355. The van der Waals surface area contributed by atoms with Gasteiger partial charge in [-0.25, -0.2) is 0 Å². The summed E-state index contributed by atoms with van der Waals surface area (Å²) in [6.45, 7) is 10.2. The molecule has 0 aromatic heterocycles. The van der Waals surface area contributed by atoms with Gasteiger partial charge in [0.25, 0.3) is 0 Å². The van der Waals surface area contributed by atoms with Gasteiger partial charge < -0.3 is 15.3 Å². The predicted molar refractivity (Wildman–Crippen MR) is 68.6 cm³/mol. The molecule has 4 unspecified atom stereocenters. The molecule has 1 rings (SSSR count). The number of hydrogen-bond acceptors (Lipinski definition) is 3. The van der Waals surface area contributed by atoms with Gasteiger partial charge in [-0.05, 0) is 33.2 Å².